The maximum atomic E-state index is 12.9. The lowest BCUT2D eigenvalue weighted by molar-refractivity contribution is -0.144. The number of rotatable bonds is 5. The normalized spacial score (nSPS) is 20.1. The summed E-state index contributed by atoms with van der Waals surface area (Å²) in [6, 6.07) is 14.8. The molecule has 0 aliphatic carbocycles. The van der Waals surface area contributed by atoms with Crippen LogP contribution in [0.4, 0.5) is 0 Å². The number of aryl methyl sites for hydroxylation is 2. The second kappa shape index (κ2) is 8.65. The van der Waals surface area contributed by atoms with Gasteiger partial charge in [0.1, 0.15) is 6.10 Å². The monoisotopic (exact) mass is 416 g/mol. The molecular weight excluding hydrogens is 388 g/mol. The van der Waals surface area contributed by atoms with Crippen molar-refractivity contribution >= 4 is 15.9 Å². The molecule has 1 saturated heterocycles. The Morgan fingerprint density at radius 3 is 2.45 bits per heavy atom. The van der Waals surface area contributed by atoms with Crippen LogP contribution < -0.4 is 0 Å². The van der Waals surface area contributed by atoms with Crippen LogP contribution in [0.15, 0.2) is 53.4 Å². The molecule has 0 aromatic heterocycles. The number of amides is 1. The van der Waals surface area contributed by atoms with Gasteiger partial charge in [0.05, 0.1) is 24.1 Å². The van der Waals surface area contributed by atoms with Gasteiger partial charge in [-0.15, -0.1) is 0 Å². The largest absolute Gasteiger partial charge is 0.367 e. The number of benzene rings is 2. The standard InChI is InChI=1S/C22H28N2O4S/c1-16-10-11-20(12-17(16)2)29(26,27)23(4)15-22(25)24-13-18(3)28-21(14-24)19-8-6-5-7-9-19/h5-12,18,21H,13-15H2,1-4H3. The molecule has 2 aromatic rings. The van der Waals surface area contributed by atoms with Crippen LogP contribution in [0.25, 0.3) is 0 Å². The highest BCUT2D eigenvalue weighted by atomic mass is 32.2. The van der Waals surface area contributed by atoms with Crippen molar-refractivity contribution in [1.29, 1.82) is 0 Å². The van der Waals surface area contributed by atoms with Crippen molar-refractivity contribution in [2.24, 2.45) is 0 Å². The molecule has 3 rings (SSSR count). The first-order chi connectivity index (χ1) is 13.7. The molecule has 2 unspecified atom stereocenters. The molecule has 1 aliphatic rings. The van der Waals surface area contributed by atoms with Gasteiger partial charge in [-0.1, -0.05) is 36.4 Å². The first-order valence-electron chi connectivity index (χ1n) is 9.70. The van der Waals surface area contributed by atoms with Crippen LogP contribution in [0, 0.1) is 13.8 Å². The minimum Gasteiger partial charge on any atom is -0.367 e. The van der Waals surface area contributed by atoms with Gasteiger partial charge in [0, 0.05) is 13.6 Å². The number of sulfonamides is 1. The van der Waals surface area contributed by atoms with Crippen LogP contribution in [-0.2, 0) is 19.6 Å². The number of carbonyl (C=O) groups excluding carboxylic acids is 1. The highest BCUT2D eigenvalue weighted by Crippen LogP contribution is 2.25. The fourth-order valence-corrected chi connectivity index (χ4v) is 4.64. The number of morpholine rings is 1. The van der Waals surface area contributed by atoms with Crippen LogP contribution in [0.3, 0.4) is 0 Å². The van der Waals surface area contributed by atoms with E-state index in [4.69, 9.17) is 4.74 Å². The summed E-state index contributed by atoms with van der Waals surface area (Å²) in [7, 11) is -2.29. The van der Waals surface area contributed by atoms with Gasteiger partial charge >= 0.3 is 0 Å². The third-order valence-electron chi connectivity index (χ3n) is 5.33. The molecule has 6 nitrogen and oxygen atoms in total. The molecule has 29 heavy (non-hydrogen) atoms. The molecule has 1 fully saturated rings. The van der Waals surface area contributed by atoms with Crippen molar-refractivity contribution in [3.8, 4) is 0 Å². The molecule has 1 amide bonds. The number of ether oxygens (including phenoxy) is 1. The zero-order valence-corrected chi connectivity index (χ0v) is 18.1. The summed E-state index contributed by atoms with van der Waals surface area (Å²) in [5.74, 6) is -0.226. The molecular formula is C22H28N2O4S. The Labute approximate surface area is 173 Å². The Bertz CT molecular complexity index is 976. The summed E-state index contributed by atoms with van der Waals surface area (Å²) in [4.78, 5) is 14.8. The van der Waals surface area contributed by atoms with Gasteiger partial charge in [-0.3, -0.25) is 4.79 Å². The quantitative estimate of drug-likeness (QED) is 0.752. The Kier molecular flexibility index (Phi) is 6.41. The first kappa shape index (κ1) is 21.5. The van der Waals surface area contributed by atoms with Crippen LogP contribution in [-0.4, -0.2) is 56.3 Å². The fraction of sp³-hybridized carbons (Fsp3) is 0.409. The third kappa shape index (κ3) is 4.86. The molecule has 0 bridgehead atoms. The summed E-state index contributed by atoms with van der Waals surface area (Å²) in [6.45, 7) is 6.37. The molecule has 0 radical (unpaired) electrons. The zero-order valence-electron chi connectivity index (χ0n) is 17.3. The van der Waals surface area contributed by atoms with Crippen molar-refractivity contribution in [3.05, 3.63) is 65.2 Å². The van der Waals surface area contributed by atoms with E-state index < -0.39 is 10.0 Å². The number of carbonyl (C=O) groups is 1. The van der Waals surface area contributed by atoms with Crippen molar-refractivity contribution < 1.29 is 17.9 Å². The van der Waals surface area contributed by atoms with Gasteiger partial charge in [-0.2, -0.15) is 4.31 Å². The minimum absolute atomic E-state index is 0.125. The SMILES string of the molecule is Cc1ccc(S(=O)(=O)N(C)CC(=O)N2CC(C)OC(c3ccccc3)C2)cc1C. The van der Waals surface area contributed by atoms with Gasteiger partial charge in [0.25, 0.3) is 0 Å². The summed E-state index contributed by atoms with van der Waals surface area (Å²) in [5, 5.41) is 0. The second-order valence-corrected chi connectivity index (χ2v) is 9.70. The Morgan fingerprint density at radius 1 is 1.10 bits per heavy atom. The topological polar surface area (TPSA) is 66.9 Å². The summed E-state index contributed by atoms with van der Waals surface area (Å²) in [5.41, 5.74) is 2.93. The molecule has 1 heterocycles. The van der Waals surface area contributed by atoms with Gasteiger partial charge < -0.3 is 9.64 Å². The van der Waals surface area contributed by atoms with E-state index in [1.807, 2.05) is 51.1 Å². The van der Waals surface area contributed by atoms with Gasteiger partial charge in [0.2, 0.25) is 15.9 Å². The van der Waals surface area contributed by atoms with E-state index in [1.54, 1.807) is 23.1 Å². The van der Waals surface area contributed by atoms with E-state index in [-0.39, 0.29) is 29.6 Å². The predicted octanol–water partition coefficient (Wildman–Crippen LogP) is 2.91. The zero-order chi connectivity index (χ0) is 21.2. The van der Waals surface area contributed by atoms with E-state index in [0.29, 0.717) is 13.1 Å². The molecule has 1 aliphatic heterocycles. The third-order valence-corrected chi connectivity index (χ3v) is 7.13. The van der Waals surface area contributed by atoms with E-state index in [0.717, 1.165) is 21.0 Å². The molecule has 0 N–H and O–H groups in total. The lowest BCUT2D eigenvalue weighted by Crippen LogP contribution is -2.49. The van der Waals surface area contributed by atoms with Crippen LogP contribution in [0.2, 0.25) is 0 Å². The Balaban J connectivity index is 1.72. The van der Waals surface area contributed by atoms with Crippen molar-refractivity contribution in [3.63, 3.8) is 0 Å². The van der Waals surface area contributed by atoms with Crippen LogP contribution in [0.5, 0.6) is 0 Å². The van der Waals surface area contributed by atoms with E-state index >= 15 is 0 Å². The van der Waals surface area contributed by atoms with Crippen molar-refractivity contribution in [1.82, 2.24) is 9.21 Å². The highest BCUT2D eigenvalue weighted by molar-refractivity contribution is 7.89. The first-order valence-corrected chi connectivity index (χ1v) is 11.1. The van der Waals surface area contributed by atoms with E-state index in [1.165, 1.54) is 7.05 Å². The van der Waals surface area contributed by atoms with Gasteiger partial charge in [-0.25, -0.2) is 8.42 Å². The van der Waals surface area contributed by atoms with Gasteiger partial charge in [-0.05, 0) is 49.6 Å². The summed E-state index contributed by atoms with van der Waals surface area (Å²) in [6.07, 6.45) is -0.342. The average molecular weight is 417 g/mol. The van der Waals surface area contributed by atoms with Crippen LogP contribution >= 0.6 is 0 Å². The Morgan fingerprint density at radius 2 is 1.79 bits per heavy atom. The number of hydrogen-bond donors (Lipinski definition) is 0. The number of likely N-dealkylation sites (N-methyl/N-ethyl adjacent to an activating group) is 1. The smallest absolute Gasteiger partial charge is 0.243 e. The lowest BCUT2D eigenvalue weighted by Gasteiger charge is -2.37. The molecule has 2 aromatic carbocycles. The van der Waals surface area contributed by atoms with Crippen LogP contribution in [0.1, 0.15) is 29.7 Å². The molecule has 0 spiro atoms. The summed E-state index contributed by atoms with van der Waals surface area (Å²) < 4.78 is 32.9. The average Bonchev–Trinajstić information content (AvgIpc) is 2.70. The maximum absolute atomic E-state index is 12.9. The molecule has 2 atom stereocenters. The molecule has 7 heteroatoms. The second-order valence-electron chi connectivity index (χ2n) is 7.65. The van der Waals surface area contributed by atoms with Gasteiger partial charge in [0.15, 0.2) is 0 Å². The van der Waals surface area contributed by atoms with Crippen molar-refractivity contribution in [2.75, 3.05) is 26.7 Å². The number of nitrogens with zero attached hydrogens (tertiary/aromatic N) is 2. The maximum Gasteiger partial charge on any atom is 0.243 e. The fourth-order valence-electron chi connectivity index (χ4n) is 3.44. The molecule has 0 saturated carbocycles. The number of hydrogen-bond acceptors (Lipinski definition) is 4. The predicted molar refractivity (Wildman–Crippen MR) is 112 cm³/mol. The van der Waals surface area contributed by atoms with Crippen molar-refractivity contribution in [2.45, 2.75) is 37.9 Å². The highest BCUT2D eigenvalue weighted by Gasteiger charge is 2.31. The Hall–Kier alpha value is -2.22. The molecule has 156 valence electrons. The summed E-state index contributed by atoms with van der Waals surface area (Å²) >= 11 is 0. The van der Waals surface area contributed by atoms with E-state index in [9.17, 15) is 13.2 Å². The lowest BCUT2D eigenvalue weighted by atomic mass is 10.1. The van der Waals surface area contributed by atoms with E-state index in [2.05, 4.69) is 0 Å². The minimum atomic E-state index is -3.74.